The molecule has 1 heterocycles. The molecule has 2 heteroatoms. The molecule has 0 amide bonds. The average Bonchev–Trinajstić information content (AvgIpc) is 2.33. The highest BCUT2D eigenvalue weighted by atomic mass is 16.5. The van der Waals surface area contributed by atoms with E-state index in [0.29, 0.717) is 0 Å². The molecule has 16 heavy (non-hydrogen) atoms. The first-order valence-corrected chi connectivity index (χ1v) is 6.25. The van der Waals surface area contributed by atoms with Crippen molar-refractivity contribution in [3.8, 4) is 5.75 Å². The van der Waals surface area contributed by atoms with Crippen LogP contribution in [-0.4, -0.2) is 19.7 Å². The minimum atomic E-state index is 0.805. The summed E-state index contributed by atoms with van der Waals surface area (Å²) in [4.78, 5) is 0. The highest BCUT2D eigenvalue weighted by molar-refractivity contribution is 5.26. The molecule has 1 atom stereocenters. The second kappa shape index (κ2) is 5.90. The maximum absolute atomic E-state index is 5.74. The lowest BCUT2D eigenvalue weighted by Gasteiger charge is -2.22. The van der Waals surface area contributed by atoms with Gasteiger partial charge in [0.15, 0.2) is 0 Å². The van der Waals surface area contributed by atoms with Crippen LogP contribution in [0.25, 0.3) is 0 Å². The molecule has 1 aromatic rings. The normalized spacial score (nSPS) is 20.7. The van der Waals surface area contributed by atoms with Gasteiger partial charge in [-0.1, -0.05) is 17.7 Å². The van der Waals surface area contributed by atoms with Crippen LogP contribution in [0.4, 0.5) is 0 Å². The fourth-order valence-corrected chi connectivity index (χ4v) is 2.15. The van der Waals surface area contributed by atoms with Crippen LogP contribution in [0.15, 0.2) is 24.3 Å². The molecule has 1 aliphatic rings. The first-order valence-electron chi connectivity index (χ1n) is 6.25. The van der Waals surface area contributed by atoms with Gasteiger partial charge in [0.05, 0.1) is 6.61 Å². The Morgan fingerprint density at radius 1 is 1.31 bits per heavy atom. The third kappa shape index (κ3) is 3.53. The summed E-state index contributed by atoms with van der Waals surface area (Å²) in [5.74, 6) is 1.80. The zero-order chi connectivity index (χ0) is 11.2. The Labute approximate surface area is 98.0 Å². The third-order valence-electron chi connectivity index (χ3n) is 3.21. The first kappa shape index (κ1) is 11.5. The number of aryl methyl sites for hydroxylation is 1. The Bertz CT molecular complexity index is 301. The lowest BCUT2D eigenvalue weighted by molar-refractivity contribution is 0.254. The quantitative estimate of drug-likeness (QED) is 0.840. The van der Waals surface area contributed by atoms with Crippen LogP contribution in [-0.2, 0) is 0 Å². The molecule has 1 aliphatic heterocycles. The molecule has 2 nitrogen and oxygen atoms in total. The first-order chi connectivity index (χ1) is 7.84. The van der Waals surface area contributed by atoms with Crippen molar-refractivity contribution in [2.45, 2.75) is 26.2 Å². The molecule has 0 spiro atoms. The van der Waals surface area contributed by atoms with E-state index in [0.717, 1.165) is 24.8 Å². The number of rotatable bonds is 4. The minimum absolute atomic E-state index is 0.805. The molecular weight excluding hydrogens is 198 g/mol. The van der Waals surface area contributed by atoms with Gasteiger partial charge in [-0.2, -0.15) is 0 Å². The molecule has 0 saturated carbocycles. The van der Waals surface area contributed by atoms with Crippen LogP contribution in [0.5, 0.6) is 5.75 Å². The maximum atomic E-state index is 5.74. The molecule has 0 radical (unpaired) electrons. The van der Waals surface area contributed by atoms with Crippen LogP contribution in [0, 0.1) is 12.8 Å². The summed E-state index contributed by atoms with van der Waals surface area (Å²) in [7, 11) is 0. The predicted octanol–water partition coefficient (Wildman–Crippen LogP) is 2.76. The summed E-state index contributed by atoms with van der Waals surface area (Å²) in [5, 5.41) is 3.44. The van der Waals surface area contributed by atoms with Gasteiger partial charge in [-0.25, -0.2) is 0 Å². The summed E-state index contributed by atoms with van der Waals surface area (Å²) in [5.41, 5.74) is 1.28. The maximum Gasteiger partial charge on any atom is 0.119 e. The molecule has 2 rings (SSSR count). The molecule has 0 aliphatic carbocycles. The molecule has 88 valence electrons. The van der Waals surface area contributed by atoms with Crippen molar-refractivity contribution in [3.63, 3.8) is 0 Å². The number of hydrogen-bond acceptors (Lipinski definition) is 2. The standard InChI is InChI=1S/C14H21NO/c1-12-4-6-14(7-5-12)16-10-8-13-3-2-9-15-11-13/h4-7,13,15H,2-3,8-11H2,1H3/t13-/m0/s1. The second-order valence-corrected chi connectivity index (χ2v) is 4.66. The third-order valence-corrected chi connectivity index (χ3v) is 3.21. The van der Waals surface area contributed by atoms with Crippen molar-refractivity contribution in [2.75, 3.05) is 19.7 Å². The lowest BCUT2D eigenvalue weighted by Crippen LogP contribution is -2.30. The molecule has 1 aromatic carbocycles. The van der Waals surface area contributed by atoms with Crippen molar-refractivity contribution in [2.24, 2.45) is 5.92 Å². The number of nitrogens with one attached hydrogen (secondary N) is 1. The van der Waals surface area contributed by atoms with E-state index in [-0.39, 0.29) is 0 Å². The van der Waals surface area contributed by atoms with E-state index in [9.17, 15) is 0 Å². The van der Waals surface area contributed by atoms with E-state index < -0.39 is 0 Å². The van der Waals surface area contributed by atoms with Gasteiger partial charge in [0.1, 0.15) is 5.75 Å². The number of piperidine rings is 1. The summed E-state index contributed by atoms with van der Waals surface area (Å²) in [6, 6.07) is 8.29. The van der Waals surface area contributed by atoms with E-state index in [2.05, 4.69) is 36.5 Å². The monoisotopic (exact) mass is 219 g/mol. The fraction of sp³-hybridized carbons (Fsp3) is 0.571. The van der Waals surface area contributed by atoms with Crippen LogP contribution < -0.4 is 10.1 Å². The summed E-state index contributed by atoms with van der Waals surface area (Å²) < 4.78 is 5.74. The largest absolute Gasteiger partial charge is 0.494 e. The molecule has 1 N–H and O–H groups in total. The van der Waals surface area contributed by atoms with Crippen LogP contribution >= 0.6 is 0 Å². The van der Waals surface area contributed by atoms with Crippen LogP contribution in [0.1, 0.15) is 24.8 Å². The second-order valence-electron chi connectivity index (χ2n) is 4.66. The molecule has 0 bridgehead atoms. The smallest absolute Gasteiger partial charge is 0.119 e. The predicted molar refractivity (Wildman–Crippen MR) is 66.9 cm³/mol. The minimum Gasteiger partial charge on any atom is -0.494 e. The van der Waals surface area contributed by atoms with Gasteiger partial charge in [-0.05, 0) is 57.3 Å². The fourth-order valence-electron chi connectivity index (χ4n) is 2.15. The number of benzene rings is 1. The Hall–Kier alpha value is -1.02. The van der Waals surface area contributed by atoms with Crippen molar-refractivity contribution < 1.29 is 4.74 Å². The highest BCUT2D eigenvalue weighted by Gasteiger charge is 2.12. The van der Waals surface area contributed by atoms with Gasteiger partial charge in [-0.3, -0.25) is 0 Å². The zero-order valence-electron chi connectivity index (χ0n) is 10.0. The van der Waals surface area contributed by atoms with E-state index in [1.807, 2.05) is 0 Å². The van der Waals surface area contributed by atoms with Crippen LogP contribution in [0.3, 0.4) is 0 Å². The average molecular weight is 219 g/mol. The van der Waals surface area contributed by atoms with Crippen molar-refractivity contribution in [1.82, 2.24) is 5.32 Å². The summed E-state index contributed by atoms with van der Waals surface area (Å²) in [6.07, 6.45) is 3.83. The molecule has 1 fully saturated rings. The highest BCUT2D eigenvalue weighted by Crippen LogP contribution is 2.16. The molecule has 0 aromatic heterocycles. The van der Waals surface area contributed by atoms with E-state index in [1.54, 1.807) is 0 Å². The molecule has 0 unspecified atom stereocenters. The van der Waals surface area contributed by atoms with Crippen molar-refractivity contribution >= 4 is 0 Å². The van der Waals surface area contributed by atoms with Gasteiger partial charge >= 0.3 is 0 Å². The topological polar surface area (TPSA) is 21.3 Å². The van der Waals surface area contributed by atoms with Gasteiger partial charge < -0.3 is 10.1 Å². The SMILES string of the molecule is Cc1ccc(OCC[C@@H]2CCCNC2)cc1. The van der Waals surface area contributed by atoms with Gasteiger partial charge in [0.25, 0.3) is 0 Å². The number of hydrogen-bond donors (Lipinski definition) is 1. The van der Waals surface area contributed by atoms with E-state index in [1.165, 1.54) is 31.4 Å². The summed E-state index contributed by atoms with van der Waals surface area (Å²) >= 11 is 0. The Balaban J connectivity index is 1.69. The van der Waals surface area contributed by atoms with Crippen LogP contribution in [0.2, 0.25) is 0 Å². The van der Waals surface area contributed by atoms with Gasteiger partial charge in [-0.15, -0.1) is 0 Å². The zero-order valence-corrected chi connectivity index (χ0v) is 10.0. The van der Waals surface area contributed by atoms with E-state index >= 15 is 0 Å². The van der Waals surface area contributed by atoms with Gasteiger partial charge in [0, 0.05) is 0 Å². The van der Waals surface area contributed by atoms with Crippen molar-refractivity contribution in [1.29, 1.82) is 0 Å². The van der Waals surface area contributed by atoms with Crippen molar-refractivity contribution in [3.05, 3.63) is 29.8 Å². The van der Waals surface area contributed by atoms with E-state index in [4.69, 9.17) is 4.74 Å². The molecular formula is C14H21NO. The Morgan fingerprint density at radius 3 is 2.81 bits per heavy atom. The summed E-state index contributed by atoms with van der Waals surface area (Å²) in [6.45, 7) is 5.29. The van der Waals surface area contributed by atoms with Gasteiger partial charge in [0.2, 0.25) is 0 Å². The Kier molecular flexibility index (Phi) is 4.23. The lowest BCUT2D eigenvalue weighted by atomic mass is 9.97. The molecule has 1 saturated heterocycles. The number of ether oxygens (including phenoxy) is 1. The Morgan fingerprint density at radius 2 is 2.12 bits per heavy atom.